The Hall–Kier alpha value is -0.870. The Balaban J connectivity index is 2.51. The minimum atomic E-state index is -0.922. The molecule has 3 N–H and O–H groups in total. The molecule has 2 atom stereocenters. The first kappa shape index (κ1) is 9.68. The van der Waals surface area contributed by atoms with Crippen LogP contribution in [0.25, 0.3) is 0 Å². The maximum absolute atomic E-state index is 10.4. The number of hydrogen-bond acceptors (Lipinski definition) is 3. The molecule has 1 aliphatic rings. The van der Waals surface area contributed by atoms with Gasteiger partial charge in [0.05, 0.1) is 5.69 Å². The molecule has 0 saturated heterocycles. The molecule has 4 heteroatoms. The Morgan fingerprint density at radius 1 is 1.79 bits per heavy atom. The predicted molar refractivity (Wildman–Crippen MR) is 53.6 cm³/mol. The molecule has 78 valence electrons. The summed E-state index contributed by atoms with van der Waals surface area (Å²) < 4.78 is 1.75. The predicted octanol–water partition coefficient (Wildman–Crippen LogP) is 0.149. The lowest BCUT2D eigenvalue weighted by molar-refractivity contribution is -0.0232. The van der Waals surface area contributed by atoms with E-state index in [4.69, 9.17) is 5.73 Å². The molecule has 14 heavy (non-hydrogen) atoms. The molecule has 1 aromatic heterocycles. The Morgan fingerprint density at radius 3 is 3.14 bits per heavy atom. The van der Waals surface area contributed by atoms with Crippen LogP contribution in [-0.4, -0.2) is 21.4 Å². The minimum Gasteiger partial charge on any atom is -0.382 e. The fourth-order valence-corrected chi connectivity index (χ4v) is 2.23. The van der Waals surface area contributed by atoms with Gasteiger partial charge < -0.3 is 10.8 Å². The van der Waals surface area contributed by atoms with Crippen LogP contribution >= 0.6 is 0 Å². The first-order valence-corrected chi connectivity index (χ1v) is 5.03. The van der Waals surface area contributed by atoms with E-state index >= 15 is 0 Å². The lowest BCUT2D eigenvalue weighted by Crippen LogP contribution is -2.44. The molecule has 1 heterocycles. The van der Waals surface area contributed by atoms with Crippen LogP contribution in [0.15, 0.2) is 6.20 Å². The van der Waals surface area contributed by atoms with Crippen molar-refractivity contribution in [3.8, 4) is 0 Å². The Morgan fingerprint density at radius 2 is 2.50 bits per heavy atom. The highest BCUT2D eigenvalue weighted by molar-refractivity contribution is 5.28. The summed E-state index contributed by atoms with van der Waals surface area (Å²) in [5.41, 5.74) is 6.65. The Kier molecular flexibility index (Phi) is 2.12. The molecule has 0 saturated carbocycles. The SMILES string of the molecule is CC1CCc2cn(C)nc2C1(O)CN. The monoisotopic (exact) mass is 195 g/mol. The molecule has 1 aromatic rings. The number of rotatable bonds is 1. The van der Waals surface area contributed by atoms with Crippen LogP contribution in [0.2, 0.25) is 0 Å². The molecular weight excluding hydrogens is 178 g/mol. The van der Waals surface area contributed by atoms with Gasteiger partial charge in [-0.2, -0.15) is 5.10 Å². The largest absolute Gasteiger partial charge is 0.382 e. The van der Waals surface area contributed by atoms with Crippen LogP contribution in [0.1, 0.15) is 24.6 Å². The van der Waals surface area contributed by atoms with Crippen molar-refractivity contribution < 1.29 is 5.11 Å². The molecule has 0 bridgehead atoms. The highest BCUT2D eigenvalue weighted by Crippen LogP contribution is 2.37. The third-order valence-corrected chi connectivity index (χ3v) is 3.29. The third kappa shape index (κ3) is 1.18. The van der Waals surface area contributed by atoms with E-state index in [2.05, 4.69) is 5.10 Å². The number of fused-ring (bicyclic) bond motifs is 1. The van der Waals surface area contributed by atoms with Gasteiger partial charge in [0.25, 0.3) is 0 Å². The molecule has 0 aromatic carbocycles. The van der Waals surface area contributed by atoms with Crippen LogP contribution < -0.4 is 5.73 Å². The van der Waals surface area contributed by atoms with Gasteiger partial charge in [-0.25, -0.2) is 0 Å². The minimum absolute atomic E-state index is 0.190. The number of hydrogen-bond donors (Lipinski definition) is 2. The van der Waals surface area contributed by atoms with E-state index in [1.165, 1.54) is 0 Å². The van der Waals surface area contributed by atoms with E-state index in [1.807, 2.05) is 20.2 Å². The zero-order chi connectivity index (χ0) is 10.3. The number of aliphatic hydroxyl groups is 1. The molecule has 1 aliphatic carbocycles. The van der Waals surface area contributed by atoms with E-state index in [0.29, 0.717) is 0 Å². The second-order valence-electron chi connectivity index (χ2n) is 4.24. The Bertz CT molecular complexity index is 347. The van der Waals surface area contributed by atoms with Gasteiger partial charge >= 0.3 is 0 Å². The first-order valence-electron chi connectivity index (χ1n) is 5.03. The number of aryl methyl sites for hydroxylation is 2. The van der Waals surface area contributed by atoms with E-state index in [1.54, 1.807) is 4.68 Å². The quantitative estimate of drug-likeness (QED) is 0.670. The average molecular weight is 195 g/mol. The summed E-state index contributed by atoms with van der Waals surface area (Å²) in [5, 5.41) is 14.7. The summed E-state index contributed by atoms with van der Waals surface area (Å²) in [6.07, 6.45) is 3.95. The average Bonchev–Trinajstić information content (AvgIpc) is 2.54. The van der Waals surface area contributed by atoms with Crippen molar-refractivity contribution in [3.05, 3.63) is 17.5 Å². The van der Waals surface area contributed by atoms with Crippen molar-refractivity contribution in [1.29, 1.82) is 0 Å². The van der Waals surface area contributed by atoms with Crippen molar-refractivity contribution in [2.24, 2.45) is 18.7 Å². The number of nitrogens with zero attached hydrogens (tertiary/aromatic N) is 2. The van der Waals surface area contributed by atoms with E-state index in [-0.39, 0.29) is 12.5 Å². The molecule has 0 fully saturated rings. The van der Waals surface area contributed by atoms with Crippen LogP contribution in [0, 0.1) is 5.92 Å². The van der Waals surface area contributed by atoms with E-state index in [0.717, 1.165) is 24.1 Å². The van der Waals surface area contributed by atoms with Gasteiger partial charge in [-0.05, 0) is 24.3 Å². The standard InChI is InChI=1S/C10H17N3O/c1-7-3-4-8-5-13(2)12-9(8)10(7,14)6-11/h5,7,14H,3-4,6,11H2,1-2H3. The topological polar surface area (TPSA) is 64.1 Å². The van der Waals surface area contributed by atoms with Crippen LogP contribution in [-0.2, 0) is 19.1 Å². The molecule has 4 nitrogen and oxygen atoms in total. The van der Waals surface area contributed by atoms with Gasteiger partial charge in [0.2, 0.25) is 0 Å². The fourth-order valence-electron chi connectivity index (χ4n) is 2.23. The van der Waals surface area contributed by atoms with Gasteiger partial charge in [-0.15, -0.1) is 0 Å². The van der Waals surface area contributed by atoms with Gasteiger partial charge in [0.15, 0.2) is 0 Å². The highest BCUT2D eigenvalue weighted by Gasteiger charge is 2.41. The van der Waals surface area contributed by atoms with Gasteiger partial charge in [-0.3, -0.25) is 4.68 Å². The zero-order valence-corrected chi connectivity index (χ0v) is 8.70. The summed E-state index contributed by atoms with van der Waals surface area (Å²) >= 11 is 0. The summed E-state index contributed by atoms with van der Waals surface area (Å²) in [6, 6.07) is 0. The van der Waals surface area contributed by atoms with Crippen molar-refractivity contribution in [2.45, 2.75) is 25.4 Å². The summed E-state index contributed by atoms with van der Waals surface area (Å²) in [7, 11) is 1.87. The molecule has 0 amide bonds. The smallest absolute Gasteiger partial charge is 0.123 e. The van der Waals surface area contributed by atoms with Crippen LogP contribution in [0.5, 0.6) is 0 Å². The van der Waals surface area contributed by atoms with Crippen molar-refractivity contribution in [3.63, 3.8) is 0 Å². The summed E-state index contributed by atoms with van der Waals surface area (Å²) in [5.74, 6) is 0.190. The van der Waals surface area contributed by atoms with Gasteiger partial charge in [0.1, 0.15) is 5.60 Å². The molecule has 0 radical (unpaired) electrons. The number of aromatic nitrogens is 2. The zero-order valence-electron chi connectivity index (χ0n) is 8.70. The second kappa shape index (κ2) is 3.07. The Labute approximate surface area is 83.7 Å². The summed E-state index contributed by atoms with van der Waals surface area (Å²) in [4.78, 5) is 0. The normalized spacial score (nSPS) is 31.6. The lowest BCUT2D eigenvalue weighted by atomic mass is 9.76. The van der Waals surface area contributed by atoms with E-state index < -0.39 is 5.60 Å². The second-order valence-corrected chi connectivity index (χ2v) is 4.24. The van der Waals surface area contributed by atoms with Gasteiger partial charge in [-0.1, -0.05) is 6.92 Å². The van der Waals surface area contributed by atoms with Crippen LogP contribution in [0.4, 0.5) is 0 Å². The van der Waals surface area contributed by atoms with E-state index in [9.17, 15) is 5.11 Å². The molecule has 2 rings (SSSR count). The summed E-state index contributed by atoms with van der Waals surface area (Å²) in [6.45, 7) is 2.28. The molecular formula is C10H17N3O. The molecule has 0 aliphatic heterocycles. The molecule has 2 unspecified atom stereocenters. The maximum Gasteiger partial charge on any atom is 0.123 e. The van der Waals surface area contributed by atoms with Crippen molar-refractivity contribution >= 4 is 0 Å². The third-order valence-electron chi connectivity index (χ3n) is 3.29. The number of nitrogens with two attached hydrogens (primary N) is 1. The van der Waals surface area contributed by atoms with Crippen molar-refractivity contribution in [1.82, 2.24) is 9.78 Å². The van der Waals surface area contributed by atoms with Crippen LogP contribution in [0.3, 0.4) is 0 Å². The highest BCUT2D eigenvalue weighted by atomic mass is 16.3. The van der Waals surface area contributed by atoms with Crippen molar-refractivity contribution in [2.75, 3.05) is 6.54 Å². The first-order chi connectivity index (χ1) is 6.58. The lowest BCUT2D eigenvalue weighted by Gasteiger charge is -2.35. The van der Waals surface area contributed by atoms with Gasteiger partial charge in [0, 0.05) is 19.8 Å². The maximum atomic E-state index is 10.4. The molecule has 0 spiro atoms. The fraction of sp³-hybridized carbons (Fsp3) is 0.700.